The highest BCUT2D eigenvalue weighted by Gasteiger charge is 2.05. The number of phenolic OH excluding ortho intramolecular Hbond substituents is 1. The highest BCUT2D eigenvalue weighted by molar-refractivity contribution is 5.56. The Bertz CT molecular complexity index is 315. The maximum absolute atomic E-state index is 9.63. The first-order valence-electron chi connectivity index (χ1n) is 6.56. The van der Waals surface area contributed by atoms with Gasteiger partial charge in [-0.25, -0.2) is 5.84 Å². The molecule has 0 aromatic heterocycles. The third kappa shape index (κ3) is 5.09. The molecule has 0 saturated heterocycles. The molecule has 0 saturated carbocycles. The van der Waals surface area contributed by atoms with Crippen molar-refractivity contribution in [3.63, 3.8) is 0 Å². The quantitative estimate of drug-likeness (QED) is 0.413. The summed E-state index contributed by atoms with van der Waals surface area (Å²) in [4.78, 5) is 0. The van der Waals surface area contributed by atoms with Crippen molar-refractivity contribution < 1.29 is 5.11 Å². The summed E-state index contributed by atoms with van der Waals surface area (Å²) in [5, 5.41) is 11.3. The highest BCUT2D eigenvalue weighted by atomic mass is 16.3. The lowest BCUT2D eigenvalue weighted by Crippen LogP contribution is -2.31. The molecule has 0 atom stereocenters. The van der Waals surface area contributed by atoms with E-state index in [2.05, 4.69) is 6.92 Å². The van der Waals surface area contributed by atoms with Gasteiger partial charge >= 0.3 is 0 Å². The Kier molecular flexibility index (Phi) is 6.48. The number of phenols is 1. The summed E-state index contributed by atoms with van der Waals surface area (Å²) in [7, 11) is 0. The molecular weight excluding hydrogens is 212 g/mol. The largest absolute Gasteiger partial charge is 0.506 e. The highest BCUT2D eigenvalue weighted by Crippen LogP contribution is 2.24. The molecular formula is C14H24N2O. The Balaban J connectivity index is 2.21. The molecule has 0 unspecified atom stereocenters. The lowest BCUT2D eigenvalue weighted by Gasteiger charge is -2.19. The Labute approximate surface area is 104 Å². The number of aromatic hydroxyl groups is 1. The van der Waals surface area contributed by atoms with Crippen molar-refractivity contribution in [1.29, 1.82) is 0 Å². The molecule has 0 radical (unpaired) electrons. The number of hydrogen-bond acceptors (Lipinski definition) is 3. The third-order valence-electron chi connectivity index (χ3n) is 2.94. The van der Waals surface area contributed by atoms with Crippen molar-refractivity contribution in [2.24, 2.45) is 5.84 Å². The lowest BCUT2D eigenvalue weighted by atomic mass is 10.1. The second-order valence-electron chi connectivity index (χ2n) is 4.45. The molecule has 17 heavy (non-hydrogen) atoms. The molecule has 1 aromatic carbocycles. The van der Waals surface area contributed by atoms with Gasteiger partial charge in [-0.05, 0) is 18.6 Å². The van der Waals surface area contributed by atoms with Crippen LogP contribution in [0.4, 0.5) is 5.69 Å². The molecule has 0 bridgehead atoms. The predicted molar refractivity (Wildman–Crippen MR) is 73.0 cm³/mol. The number of hydrogen-bond donors (Lipinski definition) is 2. The first-order chi connectivity index (χ1) is 8.25. The Hall–Kier alpha value is -1.22. The molecule has 0 aliphatic heterocycles. The molecule has 0 spiro atoms. The van der Waals surface area contributed by atoms with Crippen molar-refractivity contribution >= 4 is 5.69 Å². The third-order valence-corrected chi connectivity index (χ3v) is 2.94. The summed E-state index contributed by atoms with van der Waals surface area (Å²) >= 11 is 0. The maximum Gasteiger partial charge on any atom is 0.140 e. The SMILES string of the molecule is CCCCCCCCN(N)c1ccccc1O. The number of anilines is 1. The van der Waals surface area contributed by atoms with Crippen LogP contribution in [0.15, 0.2) is 24.3 Å². The topological polar surface area (TPSA) is 49.5 Å². The van der Waals surface area contributed by atoms with Crippen LogP contribution in [-0.4, -0.2) is 11.7 Å². The molecule has 3 heteroatoms. The maximum atomic E-state index is 9.63. The zero-order valence-electron chi connectivity index (χ0n) is 10.7. The van der Waals surface area contributed by atoms with Crippen LogP contribution < -0.4 is 10.9 Å². The van der Waals surface area contributed by atoms with Gasteiger partial charge in [0.2, 0.25) is 0 Å². The van der Waals surface area contributed by atoms with Gasteiger partial charge in [-0.1, -0.05) is 51.2 Å². The smallest absolute Gasteiger partial charge is 0.140 e. The number of rotatable bonds is 8. The Morgan fingerprint density at radius 1 is 1.06 bits per heavy atom. The standard InChI is InChI=1S/C14H24N2O/c1-2-3-4-5-6-9-12-16(15)13-10-7-8-11-14(13)17/h7-8,10-11,17H,2-6,9,12,15H2,1H3. The van der Waals surface area contributed by atoms with E-state index >= 15 is 0 Å². The van der Waals surface area contributed by atoms with E-state index < -0.39 is 0 Å². The van der Waals surface area contributed by atoms with Crippen molar-refractivity contribution in [2.45, 2.75) is 45.4 Å². The second kappa shape index (κ2) is 7.96. The van der Waals surface area contributed by atoms with Crippen LogP contribution in [-0.2, 0) is 0 Å². The fraction of sp³-hybridized carbons (Fsp3) is 0.571. The van der Waals surface area contributed by atoms with Crippen LogP contribution in [0.1, 0.15) is 45.4 Å². The van der Waals surface area contributed by atoms with Gasteiger partial charge in [0.05, 0.1) is 5.69 Å². The summed E-state index contributed by atoms with van der Waals surface area (Å²) in [5.41, 5.74) is 0.709. The normalized spacial score (nSPS) is 10.5. The van der Waals surface area contributed by atoms with Crippen LogP contribution in [0.25, 0.3) is 0 Å². The number of para-hydroxylation sites is 2. The minimum atomic E-state index is 0.251. The van der Waals surface area contributed by atoms with E-state index in [9.17, 15) is 5.11 Å². The molecule has 1 rings (SSSR count). The molecule has 0 heterocycles. The van der Waals surface area contributed by atoms with Gasteiger partial charge in [0.15, 0.2) is 0 Å². The number of unbranched alkanes of at least 4 members (excludes halogenated alkanes) is 5. The summed E-state index contributed by atoms with van der Waals surface area (Å²) in [6.07, 6.45) is 7.49. The van der Waals surface area contributed by atoms with Crippen molar-refractivity contribution in [3.05, 3.63) is 24.3 Å². The van der Waals surface area contributed by atoms with Gasteiger partial charge < -0.3 is 10.1 Å². The average molecular weight is 236 g/mol. The van der Waals surface area contributed by atoms with Gasteiger partial charge in [-0.2, -0.15) is 0 Å². The molecule has 3 N–H and O–H groups in total. The van der Waals surface area contributed by atoms with Crippen LogP contribution in [0.3, 0.4) is 0 Å². The Morgan fingerprint density at radius 3 is 2.41 bits per heavy atom. The lowest BCUT2D eigenvalue weighted by molar-refractivity contribution is 0.473. The zero-order valence-corrected chi connectivity index (χ0v) is 10.7. The molecule has 0 aliphatic rings. The first kappa shape index (κ1) is 13.8. The second-order valence-corrected chi connectivity index (χ2v) is 4.45. The van der Waals surface area contributed by atoms with Gasteiger partial charge in [-0.3, -0.25) is 0 Å². The van der Waals surface area contributed by atoms with Crippen molar-refractivity contribution in [1.82, 2.24) is 0 Å². The van der Waals surface area contributed by atoms with Gasteiger partial charge in [-0.15, -0.1) is 0 Å². The minimum absolute atomic E-state index is 0.251. The Morgan fingerprint density at radius 2 is 1.71 bits per heavy atom. The van der Waals surface area contributed by atoms with Crippen molar-refractivity contribution in [3.8, 4) is 5.75 Å². The average Bonchev–Trinajstić information content (AvgIpc) is 2.34. The van der Waals surface area contributed by atoms with Gasteiger partial charge in [0.1, 0.15) is 5.75 Å². The van der Waals surface area contributed by atoms with Crippen molar-refractivity contribution in [2.75, 3.05) is 11.6 Å². The summed E-state index contributed by atoms with van der Waals surface area (Å²) in [6.45, 7) is 3.02. The number of nitrogens with zero attached hydrogens (tertiary/aromatic N) is 1. The summed E-state index contributed by atoms with van der Waals surface area (Å²) in [5.74, 6) is 6.16. The van der Waals surface area contributed by atoms with E-state index in [1.54, 1.807) is 17.1 Å². The van der Waals surface area contributed by atoms with Crippen LogP contribution >= 0.6 is 0 Å². The predicted octanol–water partition coefficient (Wildman–Crippen LogP) is 3.43. The van der Waals surface area contributed by atoms with Crippen LogP contribution in [0.5, 0.6) is 5.75 Å². The summed E-state index contributed by atoms with van der Waals surface area (Å²) in [6, 6.07) is 7.19. The first-order valence-corrected chi connectivity index (χ1v) is 6.56. The van der Waals surface area contributed by atoms with E-state index in [1.807, 2.05) is 12.1 Å². The molecule has 0 aliphatic carbocycles. The molecule has 0 amide bonds. The fourth-order valence-corrected chi connectivity index (χ4v) is 1.89. The van der Waals surface area contributed by atoms with E-state index in [0.29, 0.717) is 5.69 Å². The van der Waals surface area contributed by atoms with E-state index in [-0.39, 0.29) is 5.75 Å². The van der Waals surface area contributed by atoms with Gasteiger partial charge in [0, 0.05) is 6.54 Å². The zero-order chi connectivity index (χ0) is 12.5. The number of benzene rings is 1. The molecule has 1 aromatic rings. The summed E-state index contributed by atoms with van der Waals surface area (Å²) < 4.78 is 0. The van der Waals surface area contributed by atoms with E-state index in [4.69, 9.17) is 5.84 Å². The number of hydrazine groups is 1. The molecule has 0 fully saturated rings. The van der Waals surface area contributed by atoms with E-state index in [1.165, 1.54) is 32.1 Å². The minimum Gasteiger partial charge on any atom is -0.506 e. The molecule has 3 nitrogen and oxygen atoms in total. The van der Waals surface area contributed by atoms with Crippen LogP contribution in [0.2, 0.25) is 0 Å². The van der Waals surface area contributed by atoms with Gasteiger partial charge in [0.25, 0.3) is 0 Å². The number of nitrogens with two attached hydrogens (primary N) is 1. The van der Waals surface area contributed by atoms with Crippen LogP contribution in [0, 0.1) is 0 Å². The van der Waals surface area contributed by atoms with E-state index in [0.717, 1.165) is 13.0 Å². The fourth-order valence-electron chi connectivity index (χ4n) is 1.89. The monoisotopic (exact) mass is 236 g/mol. The molecule has 96 valence electrons.